The van der Waals surface area contributed by atoms with Crippen molar-refractivity contribution in [3.05, 3.63) is 35.9 Å². The minimum Gasteiger partial charge on any atom is -0.397 e. The van der Waals surface area contributed by atoms with Gasteiger partial charge < -0.3 is 10.2 Å². The van der Waals surface area contributed by atoms with Gasteiger partial charge in [-0.1, -0.05) is 30.3 Å². The monoisotopic (exact) mass is 217 g/mol. The van der Waals surface area contributed by atoms with E-state index in [1.54, 1.807) is 37.3 Å². The summed E-state index contributed by atoms with van der Waals surface area (Å²) in [4.78, 5) is 8.53. The van der Waals surface area contributed by atoms with E-state index in [0.717, 1.165) is 0 Å². The van der Waals surface area contributed by atoms with Gasteiger partial charge >= 0.3 is 13.9 Å². The second-order valence-corrected chi connectivity index (χ2v) is 3.50. The standard InChI is InChI=1S/C7H7O3P.C2H6O/c8-7(11(9)10)6-4-2-1-3-5-6;1-2-3/h1-5,7-8H;3H,2H2,1H3/p+1. The van der Waals surface area contributed by atoms with E-state index < -0.39 is 13.9 Å². The molecule has 0 bridgehead atoms. The molecule has 0 spiro atoms. The largest absolute Gasteiger partial charge is 0.542 e. The third-order valence-corrected chi connectivity index (χ3v) is 2.02. The number of benzene rings is 1. The average molecular weight is 217 g/mol. The fourth-order valence-electron chi connectivity index (χ4n) is 0.753. The summed E-state index contributed by atoms with van der Waals surface area (Å²) in [5.74, 6) is -1.26. The molecule has 0 amide bonds. The Bertz CT molecular complexity index is 263. The summed E-state index contributed by atoms with van der Waals surface area (Å²) in [5.41, 5.74) is 0.469. The highest BCUT2D eigenvalue weighted by molar-refractivity contribution is 7.38. The van der Waals surface area contributed by atoms with Gasteiger partial charge in [0.1, 0.15) is 0 Å². The molecule has 0 fully saturated rings. The normalized spacial score (nSPS) is 12.4. The Labute approximate surface area is 83.7 Å². The topological polar surface area (TPSA) is 77.8 Å². The molecule has 0 aliphatic heterocycles. The highest BCUT2D eigenvalue weighted by Gasteiger charge is 2.27. The smallest absolute Gasteiger partial charge is 0.397 e. The maximum absolute atomic E-state index is 10.4. The molecule has 2 unspecified atom stereocenters. The lowest BCUT2D eigenvalue weighted by atomic mass is 10.2. The van der Waals surface area contributed by atoms with Crippen LogP contribution in [-0.4, -0.2) is 21.7 Å². The second kappa shape index (κ2) is 7.59. The third kappa shape index (κ3) is 5.04. The summed E-state index contributed by atoms with van der Waals surface area (Å²) >= 11 is 0. The molecule has 4 nitrogen and oxygen atoms in total. The van der Waals surface area contributed by atoms with Crippen molar-refractivity contribution in [2.75, 3.05) is 6.61 Å². The van der Waals surface area contributed by atoms with Crippen LogP contribution in [0.1, 0.15) is 18.3 Å². The lowest BCUT2D eigenvalue weighted by molar-refractivity contribution is 0.243. The van der Waals surface area contributed by atoms with Crippen molar-refractivity contribution in [3.63, 3.8) is 0 Å². The van der Waals surface area contributed by atoms with E-state index in [1.165, 1.54) is 0 Å². The predicted octanol–water partition coefficient (Wildman–Crippen LogP) is 1.41. The van der Waals surface area contributed by atoms with Crippen LogP contribution in [0.15, 0.2) is 30.3 Å². The zero-order chi connectivity index (χ0) is 11.0. The van der Waals surface area contributed by atoms with Crippen molar-refractivity contribution in [3.8, 4) is 0 Å². The summed E-state index contributed by atoms with van der Waals surface area (Å²) < 4.78 is 10.4. The summed E-state index contributed by atoms with van der Waals surface area (Å²) in [7, 11) is -2.53. The van der Waals surface area contributed by atoms with Crippen molar-refractivity contribution in [1.29, 1.82) is 0 Å². The number of hydrogen-bond acceptors (Lipinski definition) is 3. The Morgan fingerprint density at radius 3 is 2.14 bits per heavy atom. The molecule has 1 aromatic rings. The quantitative estimate of drug-likeness (QED) is 0.654. The Balaban J connectivity index is 0.000000500. The third-order valence-electron chi connectivity index (χ3n) is 1.31. The van der Waals surface area contributed by atoms with Gasteiger partial charge in [-0.2, -0.15) is 4.89 Å². The van der Waals surface area contributed by atoms with Crippen LogP contribution in [0.25, 0.3) is 0 Å². The molecule has 1 rings (SSSR count). The Hall–Kier alpha value is -0.800. The molecule has 0 heterocycles. The Morgan fingerprint density at radius 2 is 1.79 bits per heavy atom. The second-order valence-electron chi connectivity index (χ2n) is 2.40. The van der Waals surface area contributed by atoms with Crippen LogP contribution < -0.4 is 0 Å². The predicted molar refractivity (Wildman–Crippen MR) is 54.0 cm³/mol. The first-order chi connectivity index (χ1) is 6.63. The van der Waals surface area contributed by atoms with Crippen LogP contribution in [0.2, 0.25) is 0 Å². The number of aliphatic hydroxyl groups is 2. The van der Waals surface area contributed by atoms with Gasteiger partial charge in [0.25, 0.3) is 0 Å². The molecular weight excluding hydrogens is 203 g/mol. The maximum atomic E-state index is 10.4. The van der Waals surface area contributed by atoms with E-state index in [9.17, 15) is 4.57 Å². The van der Waals surface area contributed by atoms with Crippen LogP contribution in [0, 0.1) is 0 Å². The van der Waals surface area contributed by atoms with E-state index in [-0.39, 0.29) is 6.61 Å². The first-order valence-electron chi connectivity index (χ1n) is 4.12. The first-order valence-corrected chi connectivity index (χ1v) is 5.40. The minimum absolute atomic E-state index is 0.250. The molecule has 0 aromatic heterocycles. The lowest BCUT2D eigenvalue weighted by Crippen LogP contribution is -1.89. The van der Waals surface area contributed by atoms with Crippen molar-refractivity contribution < 1.29 is 19.7 Å². The van der Waals surface area contributed by atoms with E-state index in [2.05, 4.69) is 0 Å². The molecule has 5 heteroatoms. The van der Waals surface area contributed by atoms with E-state index in [4.69, 9.17) is 15.1 Å². The summed E-state index contributed by atoms with van der Waals surface area (Å²) in [6, 6.07) is 8.40. The van der Waals surface area contributed by atoms with Crippen molar-refractivity contribution in [2.24, 2.45) is 0 Å². The van der Waals surface area contributed by atoms with E-state index in [0.29, 0.717) is 5.56 Å². The van der Waals surface area contributed by atoms with Gasteiger partial charge in [-0.25, -0.2) is 0 Å². The Morgan fingerprint density at radius 1 is 1.36 bits per heavy atom. The zero-order valence-corrected chi connectivity index (χ0v) is 8.76. The van der Waals surface area contributed by atoms with Gasteiger partial charge in [0.2, 0.25) is 0 Å². The lowest BCUT2D eigenvalue weighted by Gasteiger charge is -1.94. The minimum atomic E-state index is -2.53. The highest BCUT2D eigenvalue weighted by Crippen LogP contribution is 2.34. The molecule has 0 saturated heterocycles. The first kappa shape index (κ1) is 13.2. The number of rotatable bonds is 2. The fraction of sp³-hybridized carbons (Fsp3) is 0.333. The molecule has 1 aromatic carbocycles. The van der Waals surface area contributed by atoms with Gasteiger partial charge in [-0.05, 0) is 11.5 Å². The van der Waals surface area contributed by atoms with Crippen molar-refractivity contribution >= 4 is 8.03 Å². The molecule has 0 saturated carbocycles. The van der Waals surface area contributed by atoms with E-state index in [1.807, 2.05) is 0 Å². The van der Waals surface area contributed by atoms with Crippen LogP contribution in [0.5, 0.6) is 0 Å². The number of aliphatic hydroxyl groups excluding tert-OH is 2. The molecule has 0 aliphatic rings. The highest BCUT2D eigenvalue weighted by atomic mass is 31.1. The van der Waals surface area contributed by atoms with Crippen LogP contribution in [-0.2, 0) is 4.57 Å². The summed E-state index contributed by atoms with van der Waals surface area (Å²) in [6.07, 6.45) is 0. The number of hydrogen-bond donors (Lipinski definition) is 3. The zero-order valence-electron chi connectivity index (χ0n) is 7.87. The van der Waals surface area contributed by atoms with Gasteiger partial charge in [0.05, 0.1) is 0 Å². The summed E-state index contributed by atoms with van der Waals surface area (Å²) in [6.45, 7) is 1.93. The van der Waals surface area contributed by atoms with Crippen molar-refractivity contribution in [2.45, 2.75) is 12.8 Å². The molecule has 0 radical (unpaired) electrons. The van der Waals surface area contributed by atoms with Crippen LogP contribution in [0.4, 0.5) is 0 Å². The molecule has 2 atom stereocenters. The average Bonchev–Trinajstić information content (AvgIpc) is 2.19. The molecule has 0 aliphatic carbocycles. The fourth-order valence-corrected chi connectivity index (χ4v) is 1.18. The van der Waals surface area contributed by atoms with Gasteiger partial charge in [-0.15, -0.1) is 0 Å². The Kier molecular flexibility index (Phi) is 7.16. The van der Waals surface area contributed by atoms with Crippen LogP contribution in [0.3, 0.4) is 0 Å². The van der Waals surface area contributed by atoms with Gasteiger partial charge in [0, 0.05) is 12.2 Å². The molecular formula is C9H14O4P+. The maximum Gasteiger partial charge on any atom is 0.542 e. The SMILES string of the molecule is CCO.O=[P+](O)C(O)c1ccccc1. The van der Waals surface area contributed by atoms with E-state index >= 15 is 0 Å². The summed E-state index contributed by atoms with van der Waals surface area (Å²) in [5, 5.41) is 16.6. The van der Waals surface area contributed by atoms with Crippen molar-refractivity contribution in [1.82, 2.24) is 0 Å². The molecule has 3 N–H and O–H groups in total. The van der Waals surface area contributed by atoms with Crippen LogP contribution >= 0.6 is 8.03 Å². The molecule has 78 valence electrons. The van der Waals surface area contributed by atoms with Gasteiger partial charge in [0.15, 0.2) is 0 Å². The van der Waals surface area contributed by atoms with Gasteiger partial charge in [-0.3, -0.25) is 0 Å². The molecule has 14 heavy (non-hydrogen) atoms.